The average Bonchev–Trinajstić information content (AvgIpc) is 3.44. The highest BCUT2D eigenvalue weighted by atomic mass is 35.5. The Morgan fingerprint density at radius 3 is 2.69 bits per heavy atom. The highest BCUT2D eigenvalue weighted by Crippen LogP contribution is 2.57. The van der Waals surface area contributed by atoms with Crippen molar-refractivity contribution in [3.8, 4) is 17.2 Å². The number of alkyl halides is 2. The Morgan fingerprint density at radius 1 is 1.18 bits per heavy atom. The molecule has 3 saturated heterocycles. The molecule has 254 valence electrons. The lowest BCUT2D eigenvalue weighted by Gasteiger charge is -2.43. The molecule has 12 heteroatoms. The third-order valence-electron chi connectivity index (χ3n) is 11.8. The molecule has 3 saturated carbocycles. The molecule has 6 fully saturated rings. The minimum atomic E-state index is -2.90. The van der Waals surface area contributed by atoms with Gasteiger partial charge in [-0.1, -0.05) is 35.3 Å². The lowest BCUT2D eigenvalue weighted by Crippen LogP contribution is -2.47. The topological polar surface area (TPSA) is 83.2 Å². The number of ether oxygens (including phenoxy) is 1. The Labute approximate surface area is 291 Å². The lowest BCUT2D eigenvalue weighted by atomic mass is 9.79. The number of benzene rings is 2. The smallest absolute Gasteiger partial charge is 0.337 e. The Kier molecular flexibility index (Phi) is 7.48. The summed E-state index contributed by atoms with van der Waals surface area (Å²) >= 11 is 13.0. The summed E-state index contributed by atoms with van der Waals surface area (Å²) in [6, 6.07) is 10.9. The van der Waals surface area contributed by atoms with Crippen LogP contribution in [0.1, 0.15) is 67.6 Å². The van der Waals surface area contributed by atoms with Gasteiger partial charge in [-0.2, -0.15) is 14.0 Å². The van der Waals surface area contributed by atoms with Gasteiger partial charge in [-0.15, -0.1) is 0 Å². The molecule has 3 aliphatic carbocycles. The maximum Gasteiger partial charge on any atom is 0.345 e. The van der Waals surface area contributed by atoms with Crippen molar-refractivity contribution in [2.24, 2.45) is 17.8 Å². The Hall–Kier alpha value is -3.36. The monoisotopic (exact) mass is 707 g/mol. The normalized spacial score (nSPS) is 28.6. The number of hydrogen-bond donors (Lipinski definition) is 1. The van der Waals surface area contributed by atoms with Gasteiger partial charge >= 0.3 is 6.61 Å². The number of carbonyl (C=O) groups excluding carboxylic acids is 1. The number of fused-ring (bicyclic) bond motifs is 6. The van der Waals surface area contributed by atoms with E-state index in [1.165, 1.54) is 0 Å². The van der Waals surface area contributed by atoms with Crippen molar-refractivity contribution in [1.29, 1.82) is 5.26 Å². The molecule has 4 bridgehead atoms. The molecule has 3 aliphatic heterocycles. The number of carbonyl (C=O) groups is 1. The van der Waals surface area contributed by atoms with Crippen LogP contribution in [0, 0.1) is 41.8 Å². The zero-order chi connectivity index (χ0) is 33.9. The van der Waals surface area contributed by atoms with Gasteiger partial charge in [-0.05, 0) is 75.1 Å². The number of hydrogen-bond acceptors (Lipinski definition) is 5. The van der Waals surface area contributed by atoms with Gasteiger partial charge in [-0.3, -0.25) is 4.79 Å². The standard InChI is InChI=1S/C37H34Cl2F3N5O2/c1-16-22-14-27(35-23-12-20(13-28(23)49-37(41)42)46(35)36(48)17-7-8-17)47(33-19-11-26(33)44-15-19)34(22)24-10-18(4-3-9-43)29(31(40)32(24)45-16)21-5-2-6-25(38)30(21)39/h2,5-6,10,14,17,19-20,23,26,28,33,35,37,44H,3-4,7-8,11-13,15H2,1H3/t19-,20-,23+,26-,28+,33+,35-/m1/s1. The Morgan fingerprint density at radius 2 is 2.00 bits per heavy atom. The van der Waals surface area contributed by atoms with Crippen LogP contribution in [0.2, 0.25) is 10.0 Å². The first-order valence-corrected chi connectivity index (χ1v) is 17.9. The van der Waals surface area contributed by atoms with E-state index in [1.54, 1.807) is 18.2 Å². The maximum atomic E-state index is 17.1. The number of aryl methyl sites for hydroxylation is 2. The largest absolute Gasteiger partial charge is 0.345 e. The van der Waals surface area contributed by atoms with Crippen molar-refractivity contribution in [1.82, 2.24) is 19.8 Å². The second kappa shape index (κ2) is 11.6. The van der Waals surface area contributed by atoms with Gasteiger partial charge in [-0.25, -0.2) is 9.37 Å². The van der Waals surface area contributed by atoms with Crippen LogP contribution in [0.5, 0.6) is 0 Å². The number of pyridine rings is 1. The molecule has 0 spiro atoms. The zero-order valence-electron chi connectivity index (χ0n) is 26.7. The summed E-state index contributed by atoms with van der Waals surface area (Å²) in [5.74, 6) is -0.455. The second-order valence-electron chi connectivity index (χ2n) is 14.5. The van der Waals surface area contributed by atoms with Crippen LogP contribution in [0.15, 0.2) is 30.3 Å². The lowest BCUT2D eigenvalue weighted by molar-refractivity contribution is -0.184. The number of piperidine rings is 1. The van der Waals surface area contributed by atoms with Crippen molar-refractivity contribution in [3.63, 3.8) is 0 Å². The van der Waals surface area contributed by atoms with Gasteiger partial charge in [0.2, 0.25) is 5.91 Å². The summed E-state index contributed by atoms with van der Waals surface area (Å²) in [5, 5.41) is 15.1. The predicted octanol–water partition coefficient (Wildman–Crippen LogP) is 8.28. The molecular weight excluding hydrogens is 674 g/mol. The molecule has 0 unspecified atom stereocenters. The van der Waals surface area contributed by atoms with Crippen LogP contribution in [0.3, 0.4) is 0 Å². The van der Waals surface area contributed by atoms with E-state index in [0.717, 1.165) is 42.4 Å². The number of likely N-dealkylation sites (tertiary alicyclic amines) is 1. The van der Waals surface area contributed by atoms with Gasteiger partial charge in [0.05, 0.1) is 39.8 Å². The molecule has 10 rings (SSSR count). The highest BCUT2D eigenvalue weighted by Gasteiger charge is 2.58. The number of halogens is 5. The molecule has 0 radical (unpaired) electrons. The third-order valence-corrected chi connectivity index (χ3v) is 12.6. The van der Waals surface area contributed by atoms with E-state index >= 15 is 4.39 Å². The van der Waals surface area contributed by atoms with Gasteiger partial charge in [0.15, 0.2) is 5.82 Å². The SMILES string of the molecule is Cc1nc2c(F)c(-c3cccc(Cl)c3Cl)c(CCC#N)cc2c2c1cc([C@H]1[C@H]3C[C@H](C[C@@H]3OC(F)F)N1C(=O)C1CC1)n2[C@H]1[C@H]2CN[C@@H]1C2. The first kappa shape index (κ1) is 31.6. The van der Waals surface area contributed by atoms with Gasteiger partial charge in [0.1, 0.15) is 5.52 Å². The Balaban J connectivity index is 1.32. The zero-order valence-corrected chi connectivity index (χ0v) is 28.2. The molecule has 2 aromatic carbocycles. The molecule has 5 heterocycles. The first-order chi connectivity index (χ1) is 23.7. The average molecular weight is 709 g/mol. The van der Waals surface area contributed by atoms with Gasteiger partial charge in [0.25, 0.3) is 0 Å². The highest BCUT2D eigenvalue weighted by molar-refractivity contribution is 6.43. The number of nitrogens with zero attached hydrogens (tertiary/aromatic N) is 4. The van der Waals surface area contributed by atoms with E-state index in [2.05, 4.69) is 22.0 Å². The Bertz CT molecular complexity index is 2080. The molecule has 7 atom stereocenters. The van der Waals surface area contributed by atoms with E-state index in [9.17, 15) is 18.8 Å². The number of rotatable bonds is 8. The molecule has 2 aromatic heterocycles. The minimum absolute atomic E-state index is 0.0338. The van der Waals surface area contributed by atoms with Crippen molar-refractivity contribution >= 4 is 50.9 Å². The van der Waals surface area contributed by atoms with Crippen LogP contribution >= 0.6 is 23.2 Å². The molecule has 1 amide bonds. The van der Waals surface area contributed by atoms with Gasteiger partial charge in [0, 0.05) is 70.2 Å². The quantitative estimate of drug-likeness (QED) is 0.199. The third kappa shape index (κ3) is 4.76. The first-order valence-electron chi connectivity index (χ1n) is 17.1. The number of aromatic nitrogens is 2. The summed E-state index contributed by atoms with van der Waals surface area (Å²) < 4.78 is 52.0. The summed E-state index contributed by atoms with van der Waals surface area (Å²) in [7, 11) is 0. The summed E-state index contributed by atoms with van der Waals surface area (Å²) in [5.41, 5.74) is 3.81. The molecule has 1 N–H and O–H groups in total. The van der Waals surface area contributed by atoms with Gasteiger partial charge < -0.3 is 19.5 Å². The second-order valence-corrected chi connectivity index (χ2v) is 15.3. The van der Waals surface area contributed by atoms with Crippen molar-refractivity contribution < 1.29 is 22.7 Å². The molecule has 7 nitrogen and oxygen atoms in total. The van der Waals surface area contributed by atoms with Crippen LogP contribution in [-0.2, 0) is 16.0 Å². The van der Waals surface area contributed by atoms with E-state index < -0.39 is 24.6 Å². The minimum Gasteiger partial charge on any atom is -0.337 e. The summed E-state index contributed by atoms with van der Waals surface area (Å²) in [6.45, 7) is -0.203. The molecule has 4 aromatic rings. The van der Waals surface area contributed by atoms with E-state index in [0.29, 0.717) is 46.0 Å². The summed E-state index contributed by atoms with van der Waals surface area (Å²) in [4.78, 5) is 20.8. The van der Waals surface area contributed by atoms with Crippen molar-refractivity contribution in [3.05, 3.63) is 63.1 Å². The number of nitriles is 1. The predicted molar refractivity (Wildman–Crippen MR) is 180 cm³/mol. The molecule has 49 heavy (non-hydrogen) atoms. The molecular formula is C37H34Cl2F3N5O2. The van der Waals surface area contributed by atoms with E-state index in [4.69, 9.17) is 32.9 Å². The summed E-state index contributed by atoms with van der Waals surface area (Å²) in [6.07, 6.45) is 3.46. The fraction of sp³-hybridized carbons (Fsp3) is 0.486. The maximum absolute atomic E-state index is 17.1. The van der Waals surface area contributed by atoms with Crippen LogP contribution in [0.4, 0.5) is 13.2 Å². The van der Waals surface area contributed by atoms with Crippen LogP contribution in [0.25, 0.3) is 32.9 Å². The van der Waals surface area contributed by atoms with E-state index in [-0.39, 0.29) is 64.8 Å². The van der Waals surface area contributed by atoms with Crippen molar-refractivity contribution in [2.75, 3.05) is 6.54 Å². The van der Waals surface area contributed by atoms with Crippen LogP contribution < -0.4 is 5.32 Å². The number of nitrogens with one attached hydrogen (secondary N) is 1. The fourth-order valence-electron chi connectivity index (χ4n) is 9.58. The molecule has 6 aliphatic rings. The fourth-order valence-corrected chi connectivity index (χ4v) is 9.97. The van der Waals surface area contributed by atoms with E-state index in [1.807, 2.05) is 17.9 Å². The number of amides is 1. The van der Waals surface area contributed by atoms with Crippen LogP contribution in [-0.4, -0.2) is 51.7 Å². The van der Waals surface area contributed by atoms with Crippen molar-refractivity contribution in [2.45, 2.75) is 88.8 Å².